The van der Waals surface area contributed by atoms with E-state index in [1.165, 1.54) is 0 Å². The fraction of sp³-hybridized carbons (Fsp3) is 0. The van der Waals surface area contributed by atoms with Gasteiger partial charge in [0.05, 0.1) is 21.9 Å². The molecule has 6 heteroatoms. The van der Waals surface area contributed by atoms with Crippen LogP contribution in [0.2, 0.25) is 10.0 Å². The van der Waals surface area contributed by atoms with E-state index in [0.29, 0.717) is 26.9 Å². The van der Waals surface area contributed by atoms with Crippen molar-refractivity contribution in [2.24, 2.45) is 0 Å². The molecule has 22 heavy (non-hydrogen) atoms. The second-order valence-electron chi connectivity index (χ2n) is 4.57. The number of fused-ring (bicyclic) bond motifs is 1. The summed E-state index contributed by atoms with van der Waals surface area (Å²) in [6.45, 7) is 0. The maximum Gasteiger partial charge on any atom is 0.416 e. The van der Waals surface area contributed by atoms with Crippen molar-refractivity contribution in [3.05, 3.63) is 64.8 Å². The van der Waals surface area contributed by atoms with Gasteiger partial charge in [-0.3, -0.25) is 4.98 Å². The number of carbonyl (C=O) groups is 1. The molecule has 3 rings (SSSR count). The molecule has 0 spiro atoms. The third-order valence-electron chi connectivity index (χ3n) is 3.18. The van der Waals surface area contributed by atoms with E-state index in [2.05, 4.69) is 4.98 Å². The van der Waals surface area contributed by atoms with Crippen LogP contribution in [0.25, 0.3) is 10.9 Å². The number of pyridine rings is 1. The molecule has 3 aromatic rings. The number of hydrogen-bond donors (Lipinski definition) is 1. The van der Waals surface area contributed by atoms with Crippen molar-refractivity contribution in [3.63, 3.8) is 0 Å². The molecular formula is C16H10Cl2N2O2. The van der Waals surface area contributed by atoms with Crippen LogP contribution in [0.1, 0.15) is 0 Å². The second kappa shape index (κ2) is 5.83. The number of benzene rings is 2. The molecule has 1 amide bonds. The molecule has 4 nitrogen and oxygen atoms in total. The molecule has 1 aromatic heterocycles. The zero-order valence-electron chi connectivity index (χ0n) is 11.2. The van der Waals surface area contributed by atoms with E-state index in [1.807, 2.05) is 6.07 Å². The lowest BCUT2D eigenvalue weighted by molar-refractivity contribution is 0.205. The minimum absolute atomic E-state index is 0.300. The van der Waals surface area contributed by atoms with E-state index in [1.54, 1.807) is 48.7 Å². The van der Waals surface area contributed by atoms with Crippen LogP contribution < -0.4 is 4.90 Å². The maximum absolute atomic E-state index is 11.8. The summed E-state index contributed by atoms with van der Waals surface area (Å²) in [5, 5.41) is 11.2. The van der Waals surface area contributed by atoms with Crippen molar-refractivity contribution in [1.82, 2.24) is 4.98 Å². The molecule has 1 N–H and O–H groups in total. The number of nitrogens with zero attached hydrogens (tertiary/aromatic N) is 2. The predicted molar refractivity (Wildman–Crippen MR) is 88.4 cm³/mol. The minimum Gasteiger partial charge on any atom is -0.464 e. The van der Waals surface area contributed by atoms with Crippen LogP contribution in [0.3, 0.4) is 0 Å². The summed E-state index contributed by atoms with van der Waals surface area (Å²) in [5.41, 5.74) is 1.23. The Kier molecular flexibility index (Phi) is 3.88. The highest BCUT2D eigenvalue weighted by atomic mass is 35.5. The Labute approximate surface area is 136 Å². The largest absolute Gasteiger partial charge is 0.464 e. The molecule has 0 aliphatic carbocycles. The van der Waals surface area contributed by atoms with E-state index in [4.69, 9.17) is 23.2 Å². The van der Waals surface area contributed by atoms with Gasteiger partial charge in [0.15, 0.2) is 0 Å². The first-order valence-electron chi connectivity index (χ1n) is 6.40. The topological polar surface area (TPSA) is 53.4 Å². The maximum atomic E-state index is 11.8. The molecule has 0 atom stereocenters. The summed E-state index contributed by atoms with van der Waals surface area (Å²) in [4.78, 5) is 17.2. The predicted octanol–water partition coefficient (Wildman–Crippen LogP) is 5.36. The summed E-state index contributed by atoms with van der Waals surface area (Å²) in [6, 6.07) is 13.7. The quantitative estimate of drug-likeness (QED) is 0.687. The molecule has 0 aliphatic heterocycles. The first-order valence-corrected chi connectivity index (χ1v) is 7.15. The normalized spacial score (nSPS) is 10.6. The summed E-state index contributed by atoms with van der Waals surface area (Å²) in [5.74, 6) is 0. The summed E-state index contributed by atoms with van der Waals surface area (Å²) < 4.78 is 0. The smallest absolute Gasteiger partial charge is 0.416 e. The summed E-state index contributed by atoms with van der Waals surface area (Å²) in [6.07, 6.45) is 0.433. The van der Waals surface area contributed by atoms with Crippen molar-refractivity contribution in [2.75, 3.05) is 4.90 Å². The standard InChI is InChI=1S/C16H10Cl2N2O2/c17-11-4-1-5-12(9-11)20(16(21)22)15-13(18)7-6-10-3-2-8-19-14(10)15/h1-9H,(H,21,22). The van der Waals surface area contributed by atoms with Gasteiger partial charge in [-0.15, -0.1) is 0 Å². The number of carboxylic acid groups (broad SMARTS) is 1. The molecule has 0 aliphatic rings. The van der Waals surface area contributed by atoms with Crippen LogP contribution in [0.5, 0.6) is 0 Å². The highest BCUT2D eigenvalue weighted by Gasteiger charge is 2.23. The Bertz CT molecular complexity index is 868. The van der Waals surface area contributed by atoms with E-state index in [0.717, 1.165) is 10.3 Å². The SMILES string of the molecule is O=C(O)N(c1cccc(Cl)c1)c1c(Cl)ccc2cccnc12. The van der Waals surface area contributed by atoms with Crippen molar-refractivity contribution >= 4 is 51.6 Å². The number of amides is 1. The van der Waals surface area contributed by atoms with E-state index in [-0.39, 0.29) is 0 Å². The van der Waals surface area contributed by atoms with Gasteiger partial charge in [0.1, 0.15) is 0 Å². The van der Waals surface area contributed by atoms with Gasteiger partial charge in [-0.1, -0.05) is 41.4 Å². The number of hydrogen-bond acceptors (Lipinski definition) is 2. The molecule has 0 fully saturated rings. The Balaban J connectivity index is 2.30. The Hall–Kier alpha value is -2.30. The zero-order chi connectivity index (χ0) is 15.7. The lowest BCUT2D eigenvalue weighted by atomic mass is 10.1. The van der Waals surface area contributed by atoms with Crippen molar-refractivity contribution < 1.29 is 9.90 Å². The van der Waals surface area contributed by atoms with Gasteiger partial charge in [-0.05, 0) is 30.3 Å². The number of halogens is 2. The van der Waals surface area contributed by atoms with E-state index in [9.17, 15) is 9.90 Å². The molecule has 0 unspecified atom stereocenters. The van der Waals surface area contributed by atoms with Crippen molar-refractivity contribution in [3.8, 4) is 0 Å². The van der Waals surface area contributed by atoms with E-state index < -0.39 is 6.09 Å². The van der Waals surface area contributed by atoms with Crippen LogP contribution in [0, 0.1) is 0 Å². The van der Waals surface area contributed by atoms with Crippen LogP contribution in [-0.4, -0.2) is 16.2 Å². The fourth-order valence-electron chi connectivity index (χ4n) is 2.27. The van der Waals surface area contributed by atoms with Gasteiger partial charge in [-0.25, -0.2) is 9.69 Å². The van der Waals surface area contributed by atoms with Crippen LogP contribution in [-0.2, 0) is 0 Å². The molecule has 0 bridgehead atoms. The molecule has 1 heterocycles. The average molecular weight is 333 g/mol. The van der Waals surface area contributed by atoms with Crippen molar-refractivity contribution in [2.45, 2.75) is 0 Å². The summed E-state index contributed by atoms with van der Waals surface area (Å²) >= 11 is 12.2. The Morgan fingerprint density at radius 2 is 1.91 bits per heavy atom. The highest BCUT2D eigenvalue weighted by Crippen LogP contribution is 2.38. The lowest BCUT2D eigenvalue weighted by Crippen LogP contribution is -2.24. The van der Waals surface area contributed by atoms with Crippen molar-refractivity contribution in [1.29, 1.82) is 0 Å². The first-order chi connectivity index (χ1) is 10.6. The molecule has 0 saturated carbocycles. The van der Waals surface area contributed by atoms with Gasteiger partial charge >= 0.3 is 6.09 Å². The molecule has 0 radical (unpaired) electrons. The Morgan fingerprint density at radius 1 is 1.09 bits per heavy atom. The average Bonchev–Trinajstić information content (AvgIpc) is 2.50. The second-order valence-corrected chi connectivity index (χ2v) is 5.41. The van der Waals surface area contributed by atoms with Gasteiger partial charge in [-0.2, -0.15) is 0 Å². The molecule has 2 aromatic carbocycles. The summed E-state index contributed by atoms with van der Waals surface area (Å²) in [7, 11) is 0. The molecular weight excluding hydrogens is 323 g/mol. The third kappa shape index (κ3) is 2.58. The molecule has 110 valence electrons. The van der Waals surface area contributed by atoms with Gasteiger partial charge in [0.25, 0.3) is 0 Å². The monoisotopic (exact) mass is 332 g/mol. The number of rotatable bonds is 2. The Morgan fingerprint density at radius 3 is 2.64 bits per heavy atom. The number of aromatic nitrogens is 1. The minimum atomic E-state index is -1.16. The highest BCUT2D eigenvalue weighted by molar-refractivity contribution is 6.36. The molecule has 0 saturated heterocycles. The van der Waals surface area contributed by atoms with Crippen LogP contribution in [0.4, 0.5) is 16.2 Å². The van der Waals surface area contributed by atoms with Crippen LogP contribution >= 0.6 is 23.2 Å². The first kappa shape index (κ1) is 14.6. The number of anilines is 2. The van der Waals surface area contributed by atoms with Gasteiger partial charge < -0.3 is 5.11 Å². The third-order valence-corrected chi connectivity index (χ3v) is 3.72. The van der Waals surface area contributed by atoms with Gasteiger partial charge in [0.2, 0.25) is 0 Å². The lowest BCUT2D eigenvalue weighted by Gasteiger charge is -2.22. The van der Waals surface area contributed by atoms with Gasteiger partial charge in [0, 0.05) is 16.6 Å². The fourth-order valence-corrected chi connectivity index (χ4v) is 2.69. The van der Waals surface area contributed by atoms with Crippen LogP contribution in [0.15, 0.2) is 54.7 Å². The zero-order valence-corrected chi connectivity index (χ0v) is 12.7. The van der Waals surface area contributed by atoms with E-state index >= 15 is 0 Å².